The quantitative estimate of drug-likeness (QED) is 0.561. The maximum Gasteiger partial charge on any atom is 0.326 e. The molecule has 148 valence electrons. The maximum absolute atomic E-state index is 12.5. The molecule has 1 saturated heterocycles. The molecule has 8 nitrogen and oxygen atoms in total. The van der Waals surface area contributed by atoms with Gasteiger partial charge in [-0.05, 0) is 45.4 Å². The van der Waals surface area contributed by atoms with E-state index in [1.54, 1.807) is 4.90 Å². The monoisotopic (exact) mass is 377 g/mol. The first-order chi connectivity index (χ1) is 13.0. The highest BCUT2D eigenvalue weighted by Crippen LogP contribution is 2.34. The molecule has 0 bridgehead atoms. The van der Waals surface area contributed by atoms with E-state index < -0.39 is 30.7 Å². The summed E-state index contributed by atoms with van der Waals surface area (Å²) in [6.45, 7) is 1.54. The number of carbonyl (C=O) groups is 4. The van der Waals surface area contributed by atoms with Crippen molar-refractivity contribution < 1.29 is 23.9 Å². The van der Waals surface area contributed by atoms with Gasteiger partial charge in [-0.2, -0.15) is 0 Å². The molecular weight excluding hydrogens is 350 g/mol. The van der Waals surface area contributed by atoms with Crippen molar-refractivity contribution in [2.75, 3.05) is 19.7 Å². The second kappa shape index (κ2) is 8.10. The van der Waals surface area contributed by atoms with Crippen molar-refractivity contribution in [2.24, 2.45) is 0 Å². The van der Waals surface area contributed by atoms with Gasteiger partial charge in [0.05, 0.1) is 0 Å². The van der Waals surface area contributed by atoms with Crippen LogP contribution < -0.4 is 5.32 Å². The number of ether oxygens (including phenoxy) is 1. The summed E-state index contributed by atoms with van der Waals surface area (Å²) in [4.78, 5) is 51.6. The highest BCUT2D eigenvalue weighted by Gasteiger charge is 2.52. The fourth-order valence-corrected chi connectivity index (χ4v) is 4.14. The molecule has 1 N–H and O–H groups in total. The molecule has 0 aromatic heterocycles. The molecule has 1 spiro atoms. The molecule has 1 heterocycles. The predicted molar refractivity (Wildman–Crippen MR) is 96.3 cm³/mol. The van der Waals surface area contributed by atoms with Crippen LogP contribution in [0.25, 0.3) is 0 Å². The Hall–Kier alpha value is -2.38. The SMILES string of the molecule is CCN(C(=O)COC(=O)CN1C(=O)NC2(CCCC2)C1=O)C1=CCCCC1. The molecule has 8 heteroatoms. The lowest BCUT2D eigenvalue weighted by Gasteiger charge is -2.26. The Morgan fingerprint density at radius 1 is 1.22 bits per heavy atom. The fraction of sp³-hybridized carbons (Fsp3) is 0.684. The van der Waals surface area contributed by atoms with Crippen LogP contribution in [0.1, 0.15) is 58.3 Å². The minimum atomic E-state index is -0.848. The average molecular weight is 377 g/mol. The van der Waals surface area contributed by atoms with Crippen LogP contribution in [0.4, 0.5) is 4.79 Å². The van der Waals surface area contributed by atoms with Crippen molar-refractivity contribution in [3.05, 3.63) is 11.8 Å². The molecule has 0 radical (unpaired) electrons. The third-order valence-corrected chi connectivity index (χ3v) is 5.58. The highest BCUT2D eigenvalue weighted by molar-refractivity contribution is 6.08. The van der Waals surface area contributed by atoms with Gasteiger partial charge in [-0.15, -0.1) is 0 Å². The number of nitrogens with zero attached hydrogens (tertiary/aromatic N) is 2. The lowest BCUT2D eigenvalue weighted by Crippen LogP contribution is -2.44. The van der Waals surface area contributed by atoms with Crippen LogP contribution >= 0.6 is 0 Å². The van der Waals surface area contributed by atoms with Crippen LogP contribution in [0.5, 0.6) is 0 Å². The van der Waals surface area contributed by atoms with Crippen LogP contribution in [0.3, 0.4) is 0 Å². The predicted octanol–water partition coefficient (Wildman–Crippen LogP) is 1.70. The number of rotatable bonds is 6. The Morgan fingerprint density at radius 2 is 1.96 bits per heavy atom. The number of nitrogens with one attached hydrogen (secondary N) is 1. The summed E-state index contributed by atoms with van der Waals surface area (Å²) >= 11 is 0. The van der Waals surface area contributed by atoms with E-state index in [4.69, 9.17) is 4.74 Å². The number of amides is 4. The minimum absolute atomic E-state index is 0.288. The minimum Gasteiger partial charge on any atom is -0.454 e. The zero-order chi connectivity index (χ0) is 19.4. The van der Waals surface area contributed by atoms with Gasteiger partial charge in [0.15, 0.2) is 6.61 Å². The molecular formula is C19H27N3O5. The van der Waals surface area contributed by atoms with Crippen LogP contribution in [-0.2, 0) is 19.1 Å². The molecule has 3 rings (SSSR count). The van der Waals surface area contributed by atoms with Gasteiger partial charge in [0.25, 0.3) is 11.8 Å². The highest BCUT2D eigenvalue weighted by atomic mass is 16.5. The van der Waals surface area contributed by atoms with E-state index >= 15 is 0 Å². The van der Waals surface area contributed by atoms with E-state index in [-0.39, 0.29) is 11.8 Å². The Morgan fingerprint density at radius 3 is 2.59 bits per heavy atom. The van der Waals surface area contributed by atoms with Gasteiger partial charge in [0, 0.05) is 12.2 Å². The van der Waals surface area contributed by atoms with Crippen molar-refractivity contribution in [2.45, 2.75) is 63.8 Å². The fourth-order valence-electron chi connectivity index (χ4n) is 4.14. The second-order valence-corrected chi connectivity index (χ2v) is 7.35. The van der Waals surface area contributed by atoms with Gasteiger partial charge in [0.2, 0.25) is 0 Å². The molecule has 4 amide bonds. The van der Waals surface area contributed by atoms with Gasteiger partial charge in [-0.3, -0.25) is 19.3 Å². The van der Waals surface area contributed by atoms with Crippen molar-refractivity contribution in [1.82, 2.24) is 15.1 Å². The van der Waals surface area contributed by atoms with Gasteiger partial charge in [0.1, 0.15) is 12.1 Å². The summed E-state index contributed by atoms with van der Waals surface area (Å²) in [7, 11) is 0. The lowest BCUT2D eigenvalue weighted by atomic mass is 9.98. The van der Waals surface area contributed by atoms with Gasteiger partial charge in [-0.25, -0.2) is 4.79 Å². The van der Waals surface area contributed by atoms with Crippen LogP contribution in [0.15, 0.2) is 11.8 Å². The van der Waals surface area contributed by atoms with E-state index in [1.165, 1.54) is 0 Å². The van der Waals surface area contributed by atoms with Crippen LogP contribution in [-0.4, -0.2) is 58.8 Å². The average Bonchev–Trinajstić information content (AvgIpc) is 3.22. The molecule has 1 aliphatic heterocycles. The lowest BCUT2D eigenvalue weighted by molar-refractivity contribution is -0.153. The zero-order valence-electron chi connectivity index (χ0n) is 15.8. The largest absolute Gasteiger partial charge is 0.454 e. The van der Waals surface area contributed by atoms with E-state index in [1.807, 2.05) is 6.92 Å². The number of imide groups is 1. The molecule has 1 saturated carbocycles. The van der Waals surface area contributed by atoms with Crippen molar-refractivity contribution in [1.29, 1.82) is 0 Å². The summed E-state index contributed by atoms with van der Waals surface area (Å²) in [6.07, 6.45) is 8.97. The Bertz CT molecular complexity index is 666. The number of esters is 1. The zero-order valence-corrected chi connectivity index (χ0v) is 15.8. The molecule has 0 aromatic carbocycles. The molecule has 27 heavy (non-hydrogen) atoms. The van der Waals surface area contributed by atoms with Crippen LogP contribution in [0.2, 0.25) is 0 Å². The number of carbonyl (C=O) groups excluding carboxylic acids is 4. The van der Waals surface area contributed by atoms with Crippen molar-refractivity contribution >= 4 is 23.8 Å². The Kier molecular flexibility index (Phi) is 5.82. The smallest absolute Gasteiger partial charge is 0.326 e. The number of hydrogen-bond acceptors (Lipinski definition) is 5. The van der Waals surface area contributed by atoms with Crippen LogP contribution in [0, 0.1) is 0 Å². The van der Waals surface area contributed by atoms with E-state index in [0.717, 1.165) is 49.1 Å². The van der Waals surface area contributed by atoms with E-state index in [9.17, 15) is 19.2 Å². The van der Waals surface area contributed by atoms with Gasteiger partial charge >= 0.3 is 12.0 Å². The topological polar surface area (TPSA) is 96.0 Å². The van der Waals surface area contributed by atoms with Gasteiger partial charge < -0.3 is 15.0 Å². The van der Waals surface area contributed by atoms with E-state index in [0.29, 0.717) is 19.4 Å². The summed E-state index contributed by atoms with van der Waals surface area (Å²) in [5.41, 5.74) is 0.127. The number of urea groups is 1. The third-order valence-electron chi connectivity index (χ3n) is 5.58. The number of allylic oxidation sites excluding steroid dienone is 2. The maximum atomic E-state index is 12.5. The molecule has 3 aliphatic rings. The Labute approximate surface area is 158 Å². The molecule has 2 aliphatic carbocycles. The first-order valence-electron chi connectivity index (χ1n) is 9.76. The summed E-state index contributed by atoms with van der Waals surface area (Å²) in [6, 6.07) is -0.562. The molecule has 0 atom stereocenters. The molecule has 2 fully saturated rings. The first-order valence-corrected chi connectivity index (χ1v) is 9.76. The van der Waals surface area contributed by atoms with Gasteiger partial charge in [-0.1, -0.05) is 18.9 Å². The summed E-state index contributed by atoms with van der Waals surface area (Å²) < 4.78 is 5.06. The second-order valence-electron chi connectivity index (χ2n) is 7.35. The van der Waals surface area contributed by atoms with E-state index in [2.05, 4.69) is 11.4 Å². The first kappa shape index (κ1) is 19.4. The van der Waals surface area contributed by atoms with Crippen molar-refractivity contribution in [3.8, 4) is 0 Å². The summed E-state index contributed by atoms with van der Waals surface area (Å²) in [5, 5.41) is 2.72. The standard InChI is InChI=1S/C19H27N3O5/c1-2-21(14-8-4-3-5-9-14)15(23)13-27-16(24)12-22-17(25)19(20-18(22)26)10-6-7-11-19/h8H,2-7,9-13H2,1H3,(H,20,26). The Balaban J connectivity index is 1.52. The number of hydrogen-bond donors (Lipinski definition) is 1. The third kappa shape index (κ3) is 3.99. The normalized spacial score (nSPS) is 21.2. The number of likely N-dealkylation sites (N-methyl/N-ethyl adjacent to an activating group) is 1. The van der Waals surface area contributed by atoms with Crippen molar-refractivity contribution in [3.63, 3.8) is 0 Å². The summed E-state index contributed by atoms with van der Waals surface area (Å²) in [5.74, 6) is -1.41. The molecule has 0 aromatic rings. The molecule has 0 unspecified atom stereocenters.